The number of nitrogens with one attached hydrogen (secondary N) is 1. The summed E-state index contributed by atoms with van der Waals surface area (Å²) < 4.78 is 0. The number of nitrogens with zero attached hydrogens (tertiary/aromatic N) is 4. The molecule has 106 valence electrons. The van der Waals surface area contributed by atoms with E-state index < -0.39 is 0 Å². The first-order valence-electron chi connectivity index (χ1n) is 6.86. The quantitative estimate of drug-likeness (QED) is 0.613. The minimum atomic E-state index is 0.630. The molecule has 1 aromatic heterocycles. The van der Waals surface area contributed by atoms with Gasteiger partial charge in [0, 0.05) is 37.4 Å². The Bertz CT molecular complexity index is 422. The second-order valence-electron chi connectivity index (χ2n) is 5.23. The van der Waals surface area contributed by atoms with E-state index in [0.29, 0.717) is 11.9 Å². The average Bonchev–Trinajstić information content (AvgIpc) is 2.40. The standard InChI is InChI=1S/C13H24N6/c1-4-11-8-19(6-5-18(11)3)9-13-15-10(2)7-12(16-13)17-14/h7,11H,4-6,8-9,14H2,1-3H3,(H,15,16,17). The molecule has 0 saturated carbocycles. The van der Waals surface area contributed by atoms with Crippen LogP contribution in [-0.4, -0.2) is 52.5 Å². The van der Waals surface area contributed by atoms with E-state index in [9.17, 15) is 0 Å². The lowest BCUT2D eigenvalue weighted by Crippen LogP contribution is -2.50. The van der Waals surface area contributed by atoms with Gasteiger partial charge in [-0.3, -0.25) is 4.90 Å². The lowest BCUT2D eigenvalue weighted by molar-refractivity contribution is 0.0866. The molecular formula is C13H24N6. The van der Waals surface area contributed by atoms with Crippen molar-refractivity contribution in [3.63, 3.8) is 0 Å². The van der Waals surface area contributed by atoms with Crippen LogP contribution in [0.4, 0.5) is 5.82 Å². The summed E-state index contributed by atoms with van der Waals surface area (Å²) in [6.07, 6.45) is 1.18. The molecule has 0 aromatic carbocycles. The topological polar surface area (TPSA) is 70.3 Å². The monoisotopic (exact) mass is 264 g/mol. The zero-order valence-corrected chi connectivity index (χ0v) is 12.1. The summed E-state index contributed by atoms with van der Waals surface area (Å²) in [6.45, 7) is 8.24. The van der Waals surface area contributed by atoms with Crippen molar-refractivity contribution in [1.82, 2.24) is 19.8 Å². The minimum absolute atomic E-state index is 0.630. The van der Waals surface area contributed by atoms with Gasteiger partial charge in [0.15, 0.2) is 0 Å². The molecule has 2 rings (SSSR count). The van der Waals surface area contributed by atoms with Gasteiger partial charge in [-0.15, -0.1) is 0 Å². The molecule has 19 heavy (non-hydrogen) atoms. The predicted octanol–water partition coefficient (Wildman–Crippen LogP) is 0.597. The van der Waals surface area contributed by atoms with E-state index in [1.54, 1.807) is 0 Å². The van der Waals surface area contributed by atoms with Crippen LogP contribution in [-0.2, 0) is 6.54 Å². The lowest BCUT2D eigenvalue weighted by Gasteiger charge is -2.38. The molecule has 1 aliphatic heterocycles. The molecule has 1 aromatic rings. The summed E-state index contributed by atoms with van der Waals surface area (Å²) in [6, 6.07) is 2.48. The molecule has 1 atom stereocenters. The molecule has 0 aliphatic carbocycles. The van der Waals surface area contributed by atoms with Gasteiger partial charge >= 0.3 is 0 Å². The maximum absolute atomic E-state index is 5.42. The third kappa shape index (κ3) is 3.62. The van der Waals surface area contributed by atoms with Crippen LogP contribution in [0.3, 0.4) is 0 Å². The number of nitrogen functional groups attached to an aromatic ring is 1. The van der Waals surface area contributed by atoms with E-state index in [2.05, 4.69) is 39.2 Å². The number of hydrogen-bond donors (Lipinski definition) is 2. The highest BCUT2D eigenvalue weighted by molar-refractivity contribution is 5.33. The van der Waals surface area contributed by atoms with Crippen LogP contribution in [0.2, 0.25) is 0 Å². The lowest BCUT2D eigenvalue weighted by atomic mass is 10.1. The number of piperazine rings is 1. The molecule has 3 N–H and O–H groups in total. The minimum Gasteiger partial charge on any atom is -0.308 e. The first kappa shape index (κ1) is 14.2. The highest BCUT2D eigenvalue weighted by Gasteiger charge is 2.23. The SMILES string of the molecule is CCC1CN(Cc2nc(C)cc(NN)n2)CCN1C. The number of aryl methyl sites for hydroxylation is 1. The molecule has 1 aliphatic rings. The van der Waals surface area contributed by atoms with E-state index in [-0.39, 0.29) is 0 Å². The largest absolute Gasteiger partial charge is 0.308 e. The summed E-state index contributed by atoms with van der Waals surface area (Å²) in [5.74, 6) is 6.95. The Morgan fingerprint density at radius 3 is 2.89 bits per heavy atom. The van der Waals surface area contributed by atoms with Crippen LogP contribution >= 0.6 is 0 Å². The fourth-order valence-electron chi connectivity index (χ4n) is 2.57. The Kier molecular flexibility index (Phi) is 4.68. The fourth-order valence-corrected chi connectivity index (χ4v) is 2.57. The number of nitrogens with two attached hydrogens (primary N) is 1. The Morgan fingerprint density at radius 2 is 2.21 bits per heavy atom. The van der Waals surface area contributed by atoms with E-state index >= 15 is 0 Å². The zero-order chi connectivity index (χ0) is 13.8. The van der Waals surface area contributed by atoms with E-state index in [1.165, 1.54) is 6.42 Å². The first-order chi connectivity index (χ1) is 9.12. The summed E-state index contributed by atoms with van der Waals surface area (Å²) in [7, 11) is 2.20. The fraction of sp³-hybridized carbons (Fsp3) is 0.692. The van der Waals surface area contributed by atoms with Crippen molar-refractivity contribution in [1.29, 1.82) is 0 Å². The number of likely N-dealkylation sites (N-methyl/N-ethyl adjacent to an activating group) is 1. The Balaban J connectivity index is 2.03. The van der Waals surface area contributed by atoms with Crippen LogP contribution in [0.15, 0.2) is 6.07 Å². The molecule has 6 nitrogen and oxygen atoms in total. The van der Waals surface area contributed by atoms with Crippen molar-refractivity contribution in [2.24, 2.45) is 5.84 Å². The predicted molar refractivity (Wildman–Crippen MR) is 76.6 cm³/mol. The van der Waals surface area contributed by atoms with Gasteiger partial charge in [0.25, 0.3) is 0 Å². The summed E-state index contributed by atoms with van der Waals surface area (Å²) in [5, 5.41) is 0. The van der Waals surface area contributed by atoms with Gasteiger partial charge in [0.05, 0.1) is 6.54 Å². The van der Waals surface area contributed by atoms with E-state index in [0.717, 1.165) is 37.7 Å². The van der Waals surface area contributed by atoms with Crippen molar-refractivity contribution in [3.8, 4) is 0 Å². The third-order valence-corrected chi connectivity index (χ3v) is 3.75. The van der Waals surface area contributed by atoms with Crippen LogP contribution in [0.25, 0.3) is 0 Å². The molecule has 0 amide bonds. The normalized spacial score (nSPS) is 21.6. The number of rotatable bonds is 4. The highest BCUT2D eigenvalue weighted by atomic mass is 15.3. The van der Waals surface area contributed by atoms with Crippen molar-refractivity contribution in [3.05, 3.63) is 17.6 Å². The summed E-state index contributed by atoms with van der Waals surface area (Å²) >= 11 is 0. The number of anilines is 1. The van der Waals surface area contributed by atoms with Gasteiger partial charge in [0.2, 0.25) is 0 Å². The van der Waals surface area contributed by atoms with Gasteiger partial charge in [-0.1, -0.05) is 6.92 Å². The van der Waals surface area contributed by atoms with Crippen LogP contribution in [0.1, 0.15) is 24.9 Å². The Labute approximate surface area is 115 Å². The summed E-state index contributed by atoms with van der Waals surface area (Å²) in [4.78, 5) is 13.7. The zero-order valence-electron chi connectivity index (χ0n) is 12.1. The van der Waals surface area contributed by atoms with Crippen molar-refractivity contribution in [2.45, 2.75) is 32.9 Å². The van der Waals surface area contributed by atoms with Gasteiger partial charge < -0.3 is 10.3 Å². The van der Waals surface area contributed by atoms with Crippen molar-refractivity contribution >= 4 is 5.82 Å². The molecule has 2 heterocycles. The maximum Gasteiger partial charge on any atom is 0.145 e. The number of hydrogen-bond acceptors (Lipinski definition) is 6. The van der Waals surface area contributed by atoms with Gasteiger partial charge in [-0.05, 0) is 20.4 Å². The Morgan fingerprint density at radius 1 is 1.42 bits per heavy atom. The molecule has 6 heteroatoms. The Hall–Kier alpha value is -1.24. The van der Waals surface area contributed by atoms with Crippen LogP contribution in [0, 0.1) is 6.92 Å². The summed E-state index contributed by atoms with van der Waals surface area (Å²) in [5.41, 5.74) is 3.54. The van der Waals surface area contributed by atoms with Crippen molar-refractivity contribution in [2.75, 3.05) is 32.1 Å². The molecule has 0 bridgehead atoms. The molecule has 1 fully saturated rings. The number of hydrazine groups is 1. The first-order valence-corrected chi connectivity index (χ1v) is 6.86. The average molecular weight is 264 g/mol. The van der Waals surface area contributed by atoms with Gasteiger partial charge in [-0.25, -0.2) is 15.8 Å². The molecule has 1 unspecified atom stereocenters. The molecule has 0 radical (unpaired) electrons. The second kappa shape index (κ2) is 6.27. The van der Waals surface area contributed by atoms with E-state index in [1.807, 2.05) is 13.0 Å². The van der Waals surface area contributed by atoms with Crippen molar-refractivity contribution < 1.29 is 0 Å². The van der Waals surface area contributed by atoms with Crippen LogP contribution < -0.4 is 11.3 Å². The van der Waals surface area contributed by atoms with Crippen LogP contribution in [0.5, 0.6) is 0 Å². The smallest absolute Gasteiger partial charge is 0.145 e. The van der Waals surface area contributed by atoms with E-state index in [4.69, 9.17) is 5.84 Å². The second-order valence-corrected chi connectivity index (χ2v) is 5.23. The maximum atomic E-state index is 5.42. The third-order valence-electron chi connectivity index (χ3n) is 3.75. The molecular weight excluding hydrogens is 240 g/mol. The highest BCUT2D eigenvalue weighted by Crippen LogP contribution is 2.13. The van der Waals surface area contributed by atoms with Gasteiger partial charge in [0.1, 0.15) is 11.6 Å². The van der Waals surface area contributed by atoms with Gasteiger partial charge in [-0.2, -0.15) is 0 Å². The molecule has 1 saturated heterocycles. The number of aromatic nitrogens is 2. The molecule has 0 spiro atoms.